The number of carbonyl (C=O) groups is 3. The fourth-order valence-corrected chi connectivity index (χ4v) is 2.67. The minimum Gasteiger partial charge on any atom is -0.507 e. The quantitative estimate of drug-likeness (QED) is 0.349. The van der Waals surface area contributed by atoms with Crippen LogP contribution in [0.1, 0.15) is 19.4 Å². The van der Waals surface area contributed by atoms with E-state index in [0.29, 0.717) is 3.57 Å². The lowest BCUT2D eigenvalue weighted by molar-refractivity contribution is -0.138. The van der Waals surface area contributed by atoms with Crippen molar-refractivity contribution in [1.29, 1.82) is 0 Å². The number of phenols is 1. The number of hydrogen-bond donors (Lipinski definition) is 5. The summed E-state index contributed by atoms with van der Waals surface area (Å²) in [7, 11) is 0. The summed E-state index contributed by atoms with van der Waals surface area (Å²) in [6, 6.07) is 3.16. The number of halogens is 1. The average molecular weight is 463 g/mol. The van der Waals surface area contributed by atoms with Crippen LogP contribution in [0.3, 0.4) is 0 Å². The van der Waals surface area contributed by atoms with Gasteiger partial charge in [-0.1, -0.05) is 19.9 Å². The molecule has 1 rings (SSSR count). The fourth-order valence-electron chi connectivity index (χ4n) is 2.09. The zero-order valence-electron chi connectivity index (χ0n) is 14.0. The van der Waals surface area contributed by atoms with Crippen LogP contribution in [0.15, 0.2) is 18.2 Å². The number of carbonyl (C=O) groups excluding carboxylic acids is 2. The Hall–Kier alpha value is -1.88. The largest absolute Gasteiger partial charge is 0.507 e. The maximum atomic E-state index is 12.3. The van der Waals surface area contributed by atoms with Crippen LogP contribution in [-0.4, -0.2) is 46.6 Å². The fraction of sp³-hybridized carbons (Fsp3) is 0.438. The Morgan fingerprint density at radius 3 is 2.40 bits per heavy atom. The van der Waals surface area contributed by atoms with Crippen LogP contribution in [0.5, 0.6) is 5.75 Å². The molecule has 0 spiro atoms. The molecule has 1 aromatic carbocycles. The molecule has 1 aromatic rings. The lowest BCUT2D eigenvalue weighted by Gasteiger charge is -2.23. The highest BCUT2D eigenvalue weighted by atomic mass is 127. The van der Waals surface area contributed by atoms with E-state index in [1.807, 2.05) is 22.6 Å². The van der Waals surface area contributed by atoms with Crippen LogP contribution in [0.4, 0.5) is 0 Å². The van der Waals surface area contributed by atoms with Crippen molar-refractivity contribution in [3.8, 4) is 5.75 Å². The second kappa shape index (κ2) is 9.56. The molecule has 0 saturated heterocycles. The second-order valence-electron chi connectivity index (χ2n) is 5.94. The normalized spacial score (nSPS) is 13.2. The molecule has 0 saturated carbocycles. The van der Waals surface area contributed by atoms with E-state index in [1.165, 1.54) is 6.07 Å². The predicted molar refractivity (Wildman–Crippen MR) is 99.9 cm³/mol. The summed E-state index contributed by atoms with van der Waals surface area (Å²) in [5.74, 6) is -2.33. The highest BCUT2D eigenvalue weighted by Crippen LogP contribution is 2.20. The van der Waals surface area contributed by atoms with Gasteiger partial charge in [0.05, 0.1) is 9.61 Å². The monoisotopic (exact) mass is 463 g/mol. The smallest absolute Gasteiger partial charge is 0.322 e. The summed E-state index contributed by atoms with van der Waals surface area (Å²) < 4.78 is 0.649. The molecule has 0 aliphatic carbocycles. The number of phenolic OH excluding ortho intramolecular Hbond substituents is 1. The number of carboxylic acid groups (broad SMARTS) is 1. The minimum atomic E-state index is -1.17. The van der Waals surface area contributed by atoms with E-state index in [-0.39, 0.29) is 18.1 Å². The molecule has 2 unspecified atom stereocenters. The first-order chi connectivity index (χ1) is 11.6. The molecule has 2 amide bonds. The number of carboxylic acids is 1. The maximum Gasteiger partial charge on any atom is 0.322 e. The first-order valence-electron chi connectivity index (χ1n) is 7.64. The minimum absolute atomic E-state index is 0.150. The zero-order valence-corrected chi connectivity index (χ0v) is 16.1. The molecule has 0 radical (unpaired) electrons. The summed E-state index contributed by atoms with van der Waals surface area (Å²) in [5, 5.41) is 22.9. The van der Waals surface area contributed by atoms with Crippen molar-refractivity contribution < 1.29 is 24.6 Å². The molecule has 8 nitrogen and oxygen atoms in total. The summed E-state index contributed by atoms with van der Waals surface area (Å²) >= 11 is 1.97. The molecule has 0 fully saturated rings. The average Bonchev–Trinajstić information content (AvgIpc) is 2.53. The van der Waals surface area contributed by atoms with Gasteiger partial charge in [0, 0.05) is 0 Å². The van der Waals surface area contributed by atoms with E-state index in [9.17, 15) is 19.5 Å². The third-order valence-corrected chi connectivity index (χ3v) is 4.33. The van der Waals surface area contributed by atoms with E-state index < -0.39 is 36.4 Å². The van der Waals surface area contributed by atoms with E-state index in [1.54, 1.807) is 26.0 Å². The number of benzene rings is 1. The van der Waals surface area contributed by atoms with Crippen LogP contribution in [0.2, 0.25) is 0 Å². The van der Waals surface area contributed by atoms with Gasteiger partial charge in [0.15, 0.2) is 0 Å². The number of hydrogen-bond acceptors (Lipinski definition) is 5. The number of rotatable bonds is 8. The summed E-state index contributed by atoms with van der Waals surface area (Å²) in [6.07, 6.45) is 0.240. The lowest BCUT2D eigenvalue weighted by Crippen LogP contribution is -2.54. The van der Waals surface area contributed by atoms with E-state index >= 15 is 0 Å². The van der Waals surface area contributed by atoms with E-state index in [2.05, 4.69) is 10.6 Å². The summed E-state index contributed by atoms with van der Waals surface area (Å²) in [5.41, 5.74) is 6.68. The molecule has 0 bridgehead atoms. The topological polar surface area (TPSA) is 142 Å². The van der Waals surface area contributed by atoms with E-state index in [4.69, 9.17) is 10.8 Å². The van der Waals surface area contributed by atoms with Gasteiger partial charge in [0.25, 0.3) is 0 Å². The SMILES string of the molecule is CC(C)C(NC(=O)C(N)Cc1ccc(O)c(I)c1)C(=O)NCC(=O)O. The molecule has 0 aliphatic rings. The number of amides is 2. The van der Waals surface area contributed by atoms with Gasteiger partial charge in [-0.3, -0.25) is 14.4 Å². The zero-order chi connectivity index (χ0) is 19.1. The van der Waals surface area contributed by atoms with Gasteiger partial charge in [0.2, 0.25) is 11.8 Å². The molecule has 0 heterocycles. The third kappa shape index (κ3) is 6.86. The van der Waals surface area contributed by atoms with Gasteiger partial charge in [0.1, 0.15) is 18.3 Å². The Balaban J connectivity index is 2.70. The van der Waals surface area contributed by atoms with E-state index in [0.717, 1.165) is 5.56 Å². The van der Waals surface area contributed by atoms with Crippen molar-refractivity contribution in [2.45, 2.75) is 32.4 Å². The van der Waals surface area contributed by atoms with Crippen molar-refractivity contribution in [2.75, 3.05) is 6.54 Å². The summed E-state index contributed by atoms with van der Waals surface area (Å²) in [6.45, 7) is 2.95. The lowest BCUT2D eigenvalue weighted by atomic mass is 10.0. The van der Waals surface area contributed by atoms with Gasteiger partial charge in [-0.05, 0) is 52.6 Å². The highest BCUT2D eigenvalue weighted by molar-refractivity contribution is 14.1. The molecule has 138 valence electrons. The van der Waals surface area contributed by atoms with Crippen molar-refractivity contribution in [2.24, 2.45) is 11.7 Å². The first kappa shape index (κ1) is 21.2. The molecule has 2 atom stereocenters. The Labute approximate surface area is 159 Å². The summed E-state index contributed by atoms with van der Waals surface area (Å²) in [4.78, 5) is 34.8. The third-order valence-electron chi connectivity index (χ3n) is 3.47. The Morgan fingerprint density at radius 2 is 1.88 bits per heavy atom. The van der Waals surface area contributed by atoms with Crippen LogP contribution < -0.4 is 16.4 Å². The van der Waals surface area contributed by atoms with Crippen LogP contribution in [0.25, 0.3) is 0 Å². The number of aliphatic carboxylic acids is 1. The number of nitrogens with two attached hydrogens (primary N) is 1. The maximum absolute atomic E-state index is 12.3. The van der Waals surface area contributed by atoms with Crippen LogP contribution in [-0.2, 0) is 20.8 Å². The van der Waals surface area contributed by atoms with Gasteiger partial charge < -0.3 is 26.6 Å². The van der Waals surface area contributed by atoms with Gasteiger partial charge in [-0.25, -0.2) is 0 Å². The molecule has 6 N–H and O–H groups in total. The molecule has 9 heteroatoms. The van der Waals surface area contributed by atoms with Crippen molar-refractivity contribution in [1.82, 2.24) is 10.6 Å². The predicted octanol–water partition coefficient (Wildman–Crippen LogP) is 0.208. The Bertz CT molecular complexity index is 651. The van der Waals surface area contributed by atoms with Crippen LogP contribution >= 0.6 is 22.6 Å². The molecule has 0 aliphatic heterocycles. The number of nitrogens with one attached hydrogen (secondary N) is 2. The van der Waals surface area contributed by atoms with Gasteiger partial charge in [-0.15, -0.1) is 0 Å². The van der Waals surface area contributed by atoms with Gasteiger partial charge in [-0.2, -0.15) is 0 Å². The Kier molecular flexibility index (Phi) is 8.10. The second-order valence-corrected chi connectivity index (χ2v) is 7.10. The molecule has 0 aromatic heterocycles. The van der Waals surface area contributed by atoms with Crippen LogP contribution in [0, 0.1) is 9.49 Å². The standard InChI is InChI=1S/C16H22IN3O5/c1-8(2)14(16(25)19-7-13(22)23)20-15(24)11(18)6-9-3-4-12(21)10(17)5-9/h3-5,8,11,14,21H,6-7,18H2,1-2H3,(H,19,25)(H,20,24)(H,22,23). The molecular formula is C16H22IN3O5. The molecular weight excluding hydrogens is 441 g/mol. The molecule has 25 heavy (non-hydrogen) atoms. The van der Waals surface area contributed by atoms with Crippen molar-refractivity contribution >= 4 is 40.4 Å². The van der Waals surface area contributed by atoms with Gasteiger partial charge >= 0.3 is 5.97 Å². The van der Waals surface area contributed by atoms with Crippen molar-refractivity contribution in [3.63, 3.8) is 0 Å². The Morgan fingerprint density at radius 1 is 1.24 bits per heavy atom. The van der Waals surface area contributed by atoms with Crippen molar-refractivity contribution in [3.05, 3.63) is 27.3 Å². The first-order valence-corrected chi connectivity index (χ1v) is 8.72. The highest BCUT2D eigenvalue weighted by Gasteiger charge is 2.26. The number of aromatic hydroxyl groups is 1.